The number of hydrogen-bond donors (Lipinski definition) is 1. The molecule has 6 heteroatoms. The summed E-state index contributed by atoms with van der Waals surface area (Å²) in [6, 6.07) is 0. The summed E-state index contributed by atoms with van der Waals surface area (Å²) < 4.78 is 6.12. The van der Waals surface area contributed by atoms with Gasteiger partial charge in [-0.25, -0.2) is 14.5 Å². The summed E-state index contributed by atoms with van der Waals surface area (Å²) in [5.74, 6) is -0.286. The van der Waals surface area contributed by atoms with E-state index in [9.17, 15) is 9.90 Å². The van der Waals surface area contributed by atoms with E-state index in [1.807, 2.05) is 0 Å². The van der Waals surface area contributed by atoms with E-state index in [4.69, 9.17) is 4.74 Å². The minimum Gasteiger partial charge on any atom is -0.460 e. The van der Waals surface area contributed by atoms with Crippen molar-refractivity contribution < 1.29 is 14.6 Å². The Bertz CT molecular complexity index is 365. The fourth-order valence-corrected chi connectivity index (χ4v) is 1.20. The molecule has 1 rings (SSSR count). The Labute approximate surface area is 87.9 Å². The second-order valence-corrected chi connectivity index (χ2v) is 3.66. The number of aliphatic hydroxyl groups is 1. The van der Waals surface area contributed by atoms with E-state index in [1.54, 1.807) is 27.8 Å². The van der Waals surface area contributed by atoms with Crippen molar-refractivity contribution >= 4 is 5.97 Å². The molecule has 0 aliphatic rings. The van der Waals surface area contributed by atoms with Crippen molar-refractivity contribution in [3.8, 4) is 0 Å². The summed E-state index contributed by atoms with van der Waals surface area (Å²) in [7, 11) is 1.61. The Hall–Kier alpha value is -1.43. The maximum Gasteiger partial charge on any atom is 0.378 e. The van der Waals surface area contributed by atoms with Crippen molar-refractivity contribution in [1.29, 1.82) is 0 Å². The first kappa shape index (κ1) is 11.6. The number of ether oxygens (including phenoxy) is 1. The van der Waals surface area contributed by atoms with Gasteiger partial charge in [-0.1, -0.05) is 0 Å². The lowest BCUT2D eigenvalue weighted by Crippen LogP contribution is -2.21. The van der Waals surface area contributed by atoms with Gasteiger partial charge in [0.15, 0.2) is 5.82 Å². The minimum atomic E-state index is -1.13. The molecule has 0 fully saturated rings. The molecule has 0 saturated heterocycles. The fraction of sp³-hybridized carbons (Fsp3) is 0.667. The minimum absolute atomic E-state index is 0.0310. The lowest BCUT2D eigenvalue weighted by molar-refractivity contribution is 0.0510. The molecule has 0 bridgehead atoms. The van der Waals surface area contributed by atoms with Crippen LogP contribution in [0.3, 0.4) is 0 Å². The molecule has 0 unspecified atom stereocenters. The lowest BCUT2D eigenvalue weighted by atomic mass is 10.1. The monoisotopic (exact) mass is 213 g/mol. The van der Waals surface area contributed by atoms with Crippen LogP contribution >= 0.6 is 0 Å². The van der Waals surface area contributed by atoms with Gasteiger partial charge in [-0.3, -0.25) is 0 Å². The van der Waals surface area contributed by atoms with Crippen molar-refractivity contribution in [3.63, 3.8) is 0 Å². The predicted molar refractivity (Wildman–Crippen MR) is 52.2 cm³/mol. The number of nitrogens with zero attached hydrogens (tertiary/aromatic N) is 3. The molecule has 1 aromatic rings. The molecule has 0 amide bonds. The van der Waals surface area contributed by atoms with Crippen LogP contribution < -0.4 is 0 Å². The van der Waals surface area contributed by atoms with Gasteiger partial charge in [-0.15, -0.1) is 5.10 Å². The van der Waals surface area contributed by atoms with Gasteiger partial charge in [0.25, 0.3) is 5.82 Å². The van der Waals surface area contributed by atoms with E-state index < -0.39 is 11.6 Å². The SMILES string of the molecule is CCOC(=O)c1nc(C(C)(C)O)n(C)n1. The van der Waals surface area contributed by atoms with E-state index in [-0.39, 0.29) is 12.4 Å². The number of hydrogen-bond acceptors (Lipinski definition) is 5. The smallest absolute Gasteiger partial charge is 0.378 e. The maximum absolute atomic E-state index is 11.3. The second kappa shape index (κ2) is 3.98. The highest BCUT2D eigenvalue weighted by Crippen LogP contribution is 2.16. The number of carbonyl (C=O) groups is 1. The topological polar surface area (TPSA) is 77.2 Å². The summed E-state index contributed by atoms with van der Waals surface area (Å²) in [5, 5.41) is 13.6. The largest absolute Gasteiger partial charge is 0.460 e. The fourth-order valence-electron chi connectivity index (χ4n) is 1.20. The molecule has 0 aliphatic heterocycles. The summed E-state index contributed by atoms with van der Waals surface area (Å²) in [6.07, 6.45) is 0. The molecule has 0 saturated carbocycles. The zero-order valence-corrected chi connectivity index (χ0v) is 9.31. The molecule has 1 N–H and O–H groups in total. The maximum atomic E-state index is 11.3. The first-order valence-electron chi connectivity index (χ1n) is 4.67. The number of aryl methyl sites for hydroxylation is 1. The molecular formula is C9H15N3O3. The Morgan fingerprint density at radius 3 is 2.60 bits per heavy atom. The average molecular weight is 213 g/mol. The molecular weight excluding hydrogens is 198 g/mol. The van der Waals surface area contributed by atoms with Crippen LogP contribution in [0.15, 0.2) is 0 Å². The summed E-state index contributed by atoms with van der Waals surface area (Å²) >= 11 is 0. The molecule has 15 heavy (non-hydrogen) atoms. The van der Waals surface area contributed by atoms with Crippen LogP contribution in [0, 0.1) is 0 Å². The van der Waals surface area contributed by atoms with Crippen LogP contribution in [-0.4, -0.2) is 32.4 Å². The molecule has 6 nitrogen and oxygen atoms in total. The third-order valence-electron chi connectivity index (χ3n) is 1.77. The van der Waals surface area contributed by atoms with Crippen molar-refractivity contribution in [1.82, 2.24) is 14.8 Å². The zero-order chi connectivity index (χ0) is 11.6. The predicted octanol–water partition coefficient (Wildman–Crippen LogP) is 0.219. The van der Waals surface area contributed by atoms with Gasteiger partial charge in [0.2, 0.25) is 0 Å². The first-order chi connectivity index (χ1) is 6.86. The Morgan fingerprint density at radius 2 is 2.20 bits per heavy atom. The average Bonchev–Trinajstić information content (AvgIpc) is 2.47. The molecule has 0 atom stereocenters. The Kier molecular flexibility index (Phi) is 3.09. The van der Waals surface area contributed by atoms with Gasteiger partial charge in [0.1, 0.15) is 5.60 Å². The van der Waals surface area contributed by atoms with Crippen LogP contribution in [-0.2, 0) is 17.4 Å². The van der Waals surface area contributed by atoms with E-state index in [1.165, 1.54) is 4.68 Å². The molecule has 0 aliphatic carbocycles. The standard InChI is InChI=1S/C9H15N3O3/c1-5-15-7(13)6-10-8(9(2,3)14)12(4)11-6/h14H,5H2,1-4H3. The Morgan fingerprint density at radius 1 is 1.60 bits per heavy atom. The molecule has 1 aromatic heterocycles. The van der Waals surface area contributed by atoms with Crippen molar-refractivity contribution in [2.24, 2.45) is 7.05 Å². The number of esters is 1. The van der Waals surface area contributed by atoms with Gasteiger partial charge in [0.05, 0.1) is 6.61 Å². The molecule has 0 radical (unpaired) electrons. The van der Waals surface area contributed by atoms with Crippen molar-refractivity contribution in [2.45, 2.75) is 26.4 Å². The first-order valence-corrected chi connectivity index (χ1v) is 4.67. The molecule has 0 aromatic carbocycles. The van der Waals surface area contributed by atoms with E-state index >= 15 is 0 Å². The van der Waals surface area contributed by atoms with Crippen molar-refractivity contribution in [3.05, 3.63) is 11.6 Å². The Balaban J connectivity index is 3.01. The van der Waals surface area contributed by atoms with Gasteiger partial charge in [-0.2, -0.15) is 0 Å². The van der Waals surface area contributed by atoms with Crippen LogP contribution in [0.1, 0.15) is 37.2 Å². The molecule has 0 spiro atoms. The van der Waals surface area contributed by atoms with E-state index in [2.05, 4.69) is 10.1 Å². The summed E-state index contributed by atoms with van der Waals surface area (Å²) in [5.41, 5.74) is -1.13. The summed E-state index contributed by atoms with van der Waals surface area (Å²) in [4.78, 5) is 15.2. The zero-order valence-electron chi connectivity index (χ0n) is 9.31. The van der Waals surface area contributed by atoms with Crippen LogP contribution in [0.5, 0.6) is 0 Å². The highest BCUT2D eigenvalue weighted by molar-refractivity contribution is 5.85. The van der Waals surface area contributed by atoms with Crippen molar-refractivity contribution in [2.75, 3.05) is 6.61 Å². The molecule has 1 heterocycles. The third kappa shape index (κ3) is 2.53. The number of carbonyl (C=O) groups excluding carboxylic acids is 1. The van der Waals surface area contributed by atoms with Gasteiger partial charge < -0.3 is 9.84 Å². The third-order valence-corrected chi connectivity index (χ3v) is 1.77. The highest BCUT2D eigenvalue weighted by Gasteiger charge is 2.25. The van der Waals surface area contributed by atoms with Gasteiger partial charge >= 0.3 is 5.97 Å². The van der Waals surface area contributed by atoms with E-state index in [0.29, 0.717) is 5.82 Å². The van der Waals surface area contributed by atoms with Gasteiger partial charge in [0, 0.05) is 7.05 Å². The highest BCUT2D eigenvalue weighted by atomic mass is 16.5. The van der Waals surface area contributed by atoms with Crippen LogP contribution in [0.4, 0.5) is 0 Å². The van der Waals surface area contributed by atoms with Crippen LogP contribution in [0.25, 0.3) is 0 Å². The normalized spacial score (nSPS) is 11.5. The lowest BCUT2D eigenvalue weighted by Gasteiger charge is -2.14. The van der Waals surface area contributed by atoms with E-state index in [0.717, 1.165) is 0 Å². The number of rotatable bonds is 3. The second-order valence-electron chi connectivity index (χ2n) is 3.66. The van der Waals surface area contributed by atoms with Crippen LogP contribution in [0.2, 0.25) is 0 Å². The summed E-state index contributed by atoms with van der Waals surface area (Å²) in [6.45, 7) is 5.13. The van der Waals surface area contributed by atoms with Gasteiger partial charge in [-0.05, 0) is 20.8 Å². The quantitative estimate of drug-likeness (QED) is 0.727. The molecule has 84 valence electrons. The number of aromatic nitrogens is 3.